The summed E-state index contributed by atoms with van der Waals surface area (Å²) >= 11 is 0. The number of carbonyl (C=O) groups is 1. The Bertz CT molecular complexity index is 832. The standard InChI is InChI=1S/C18H18O6/c1-11-9-16(23-4)17(18(20)24-11)14(19)8-6-12-5-7-13(21-2)10-15(12)22-3/h5-10H,1-4H3. The monoisotopic (exact) mass is 330 g/mol. The van der Waals surface area contributed by atoms with Crippen LogP contribution in [0.1, 0.15) is 21.7 Å². The second-order valence-corrected chi connectivity index (χ2v) is 4.89. The SMILES string of the molecule is COc1ccc(C=CC(=O)c2c(OC)cc(C)oc2=O)c(OC)c1. The molecule has 2 rings (SSSR count). The number of allylic oxidation sites excluding steroid dienone is 1. The van der Waals surface area contributed by atoms with Gasteiger partial charge in [0.05, 0.1) is 21.3 Å². The Balaban J connectivity index is 2.37. The molecule has 0 unspecified atom stereocenters. The Morgan fingerprint density at radius 2 is 1.75 bits per heavy atom. The van der Waals surface area contributed by atoms with Crippen molar-refractivity contribution < 1.29 is 23.4 Å². The lowest BCUT2D eigenvalue weighted by Gasteiger charge is -2.07. The van der Waals surface area contributed by atoms with Crippen molar-refractivity contribution in [1.82, 2.24) is 0 Å². The lowest BCUT2D eigenvalue weighted by molar-refractivity contribution is 0.104. The number of ketones is 1. The molecule has 0 aliphatic rings. The van der Waals surface area contributed by atoms with Gasteiger partial charge in [0.1, 0.15) is 28.6 Å². The van der Waals surface area contributed by atoms with Crippen LogP contribution in [-0.4, -0.2) is 27.1 Å². The maximum Gasteiger partial charge on any atom is 0.351 e. The highest BCUT2D eigenvalue weighted by molar-refractivity contribution is 6.08. The van der Waals surface area contributed by atoms with Gasteiger partial charge in [0.2, 0.25) is 0 Å². The summed E-state index contributed by atoms with van der Waals surface area (Å²) in [5, 5.41) is 0. The summed E-state index contributed by atoms with van der Waals surface area (Å²) in [4.78, 5) is 24.3. The molecular formula is C18H18O6. The number of rotatable bonds is 6. The smallest absolute Gasteiger partial charge is 0.351 e. The predicted octanol–water partition coefficient (Wildman–Crippen LogP) is 2.87. The van der Waals surface area contributed by atoms with Crippen LogP contribution in [-0.2, 0) is 0 Å². The quantitative estimate of drug-likeness (QED) is 0.599. The first kappa shape index (κ1) is 17.3. The van der Waals surface area contributed by atoms with Gasteiger partial charge in [-0.05, 0) is 31.2 Å². The zero-order chi connectivity index (χ0) is 17.7. The third-order valence-corrected chi connectivity index (χ3v) is 3.36. The van der Waals surface area contributed by atoms with Gasteiger partial charge in [-0.25, -0.2) is 4.79 Å². The summed E-state index contributed by atoms with van der Waals surface area (Å²) in [5.41, 5.74) is -0.211. The highest BCUT2D eigenvalue weighted by atomic mass is 16.5. The number of aryl methyl sites for hydroxylation is 1. The van der Waals surface area contributed by atoms with Crippen molar-refractivity contribution in [2.24, 2.45) is 0 Å². The molecule has 2 aromatic rings. The lowest BCUT2D eigenvalue weighted by atomic mass is 10.1. The Kier molecular flexibility index (Phi) is 5.42. The summed E-state index contributed by atoms with van der Waals surface area (Å²) < 4.78 is 20.5. The number of methoxy groups -OCH3 is 3. The van der Waals surface area contributed by atoms with Gasteiger partial charge in [0.15, 0.2) is 5.78 Å². The van der Waals surface area contributed by atoms with E-state index in [4.69, 9.17) is 18.6 Å². The number of ether oxygens (including phenoxy) is 3. The highest BCUT2D eigenvalue weighted by Crippen LogP contribution is 2.26. The Morgan fingerprint density at radius 1 is 1.04 bits per heavy atom. The molecule has 24 heavy (non-hydrogen) atoms. The normalized spacial score (nSPS) is 10.7. The molecule has 6 heteroatoms. The summed E-state index contributed by atoms with van der Waals surface area (Å²) in [5.74, 6) is 1.21. The average molecular weight is 330 g/mol. The zero-order valence-electron chi connectivity index (χ0n) is 13.9. The van der Waals surface area contributed by atoms with Crippen LogP contribution >= 0.6 is 0 Å². The molecule has 0 fully saturated rings. The fourth-order valence-corrected chi connectivity index (χ4v) is 2.17. The van der Waals surface area contributed by atoms with Crippen molar-refractivity contribution in [3.63, 3.8) is 0 Å². The van der Waals surface area contributed by atoms with Crippen molar-refractivity contribution in [2.45, 2.75) is 6.92 Å². The minimum Gasteiger partial charge on any atom is -0.497 e. The molecule has 0 atom stereocenters. The van der Waals surface area contributed by atoms with E-state index in [1.807, 2.05) is 0 Å². The van der Waals surface area contributed by atoms with Gasteiger partial charge in [0, 0.05) is 17.7 Å². The summed E-state index contributed by atoms with van der Waals surface area (Å²) in [6.07, 6.45) is 2.83. The van der Waals surface area contributed by atoms with Gasteiger partial charge in [-0.2, -0.15) is 0 Å². The van der Waals surface area contributed by atoms with Crippen LogP contribution in [0.5, 0.6) is 17.2 Å². The first-order valence-electron chi connectivity index (χ1n) is 7.13. The van der Waals surface area contributed by atoms with Crippen molar-refractivity contribution in [3.8, 4) is 17.2 Å². The van der Waals surface area contributed by atoms with Crippen molar-refractivity contribution in [2.75, 3.05) is 21.3 Å². The molecule has 0 bridgehead atoms. The van der Waals surface area contributed by atoms with Crippen LogP contribution in [0.25, 0.3) is 6.08 Å². The van der Waals surface area contributed by atoms with E-state index in [1.54, 1.807) is 38.3 Å². The third kappa shape index (κ3) is 3.65. The Labute approximate surface area is 139 Å². The van der Waals surface area contributed by atoms with Crippen LogP contribution in [0.4, 0.5) is 0 Å². The molecule has 1 aromatic heterocycles. The fourth-order valence-electron chi connectivity index (χ4n) is 2.17. The second-order valence-electron chi connectivity index (χ2n) is 4.89. The molecule has 0 N–H and O–H groups in total. The first-order valence-corrected chi connectivity index (χ1v) is 7.13. The lowest BCUT2D eigenvalue weighted by Crippen LogP contribution is -2.14. The molecule has 1 heterocycles. The summed E-state index contributed by atoms with van der Waals surface area (Å²) in [6.45, 7) is 1.61. The second kappa shape index (κ2) is 7.50. The first-order chi connectivity index (χ1) is 11.5. The van der Waals surface area contributed by atoms with E-state index in [0.29, 0.717) is 22.8 Å². The van der Waals surface area contributed by atoms with Gasteiger partial charge in [-0.3, -0.25) is 4.79 Å². The molecule has 1 aromatic carbocycles. The number of hydrogen-bond acceptors (Lipinski definition) is 6. The van der Waals surface area contributed by atoms with Crippen molar-refractivity contribution >= 4 is 11.9 Å². The number of benzene rings is 1. The third-order valence-electron chi connectivity index (χ3n) is 3.36. The van der Waals surface area contributed by atoms with E-state index in [9.17, 15) is 9.59 Å². The zero-order valence-corrected chi connectivity index (χ0v) is 13.9. The van der Waals surface area contributed by atoms with Crippen LogP contribution < -0.4 is 19.8 Å². The van der Waals surface area contributed by atoms with Crippen LogP contribution in [0.3, 0.4) is 0 Å². The predicted molar refractivity (Wildman–Crippen MR) is 89.2 cm³/mol. The van der Waals surface area contributed by atoms with E-state index < -0.39 is 11.4 Å². The van der Waals surface area contributed by atoms with Crippen LogP contribution in [0, 0.1) is 6.92 Å². The van der Waals surface area contributed by atoms with E-state index in [-0.39, 0.29) is 11.3 Å². The topological polar surface area (TPSA) is 75.0 Å². The van der Waals surface area contributed by atoms with Gasteiger partial charge in [0.25, 0.3) is 0 Å². The molecule has 0 aliphatic carbocycles. The maximum absolute atomic E-state index is 12.4. The van der Waals surface area contributed by atoms with E-state index in [1.165, 1.54) is 26.4 Å². The molecule has 0 saturated heterocycles. The van der Waals surface area contributed by atoms with Gasteiger partial charge in [-0.15, -0.1) is 0 Å². The molecule has 126 valence electrons. The minimum absolute atomic E-state index is 0.146. The molecule has 0 aliphatic heterocycles. The van der Waals surface area contributed by atoms with Gasteiger partial charge < -0.3 is 18.6 Å². The van der Waals surface area contributed by atoms with Crippen molar-refractivity contribution in [1.29, 1.82) is 0 Å². The highest BCUT2D eigenvalue weighted by Gasteiger charge is 2.17. The van der Waals surface area contributed by atoms with E-state index in [0.717, 1.165) is 0 Å². The van der Waals surface area contributed by atoms with Crippen LogP contribution in [0.2, 0.25) is 0 Å². The Morgan fingerprint density at radius 3 is 2.38 bits per heavy atom. The molecule has 0 spiro atoms. The maximum atomic E-state index is 12.4. The molecule has 0 saturated carbocycles. The van der Waals surface area contributed by atoms with Gasteiger partial charge in [-0.1, -0.05) is 0 Å². The fraction of sp³-hybridized carbons (Fsp3) is 0.222. The number of hydrogen-bond donors (Lipinski definition) is 0. The van der Waals surface area contributed by atoms with Crippen molar-refractivity contribution in [3.05, 3.63) is 57.6 Å². The number of carbonyl (C=O) groups excluding carboxylic acids is 1. The average Bonchev–Trinajstić information content (AvgIpc) is 2.58. The van der Waals surface area contributed by atoms with E-state index >= 15 is 0 Å². The molecular weight excluding hydrogens is 312 g/mol. The largest absolute Gasteiger partial charge is 0.497 e. The molecule has 0 radical (unpaired) electrons. The summed E-state index contributed by atoms with van der Waals surface area (Å²) in [7, 11) is 4.46. The van der Waals surface area contributed by atoms with Gasteiger partial charge >= 0.3 is 5.63 Å². The molecule has 0 amide bonds. The summed E-state index contributed by atoms with van der Waals surface area (Å²) in [6, 6.07) is 6.69. The molecule has 6 nitrogen and oxygen atoms in total. The Hall–Kier alpha value is -3.02. The van der Waals surface area contributed by atoms with Crippen LogP contribution in [0.15, 0.2) is 39.6 Å². The minimum atomic E-state index is -0.733. The van der Waals surface area contributed by atoms with E-state index in [2.05, 4.69) is 0 Å².